The van der Waals surface area contributed by atoms with E-state index in [9.17, 15) is 14.4 Å². The number of nitrogens with zero attached hydrogens (tertiary/aromatic N) is 2. The minimum absolute atomic E-state index is 0.222. The second-order valence-corrected chi connectivity index (χ2v) is 7.11. The maximum absolute atomic E-state index is 12.8. The molecule has 0 fully saturated rings. The molecular weight excluding hydrogens is 344 g/mol. The summed E-state index contributed by atoms with van der Waals surface area (Å²) in [6.07, 6.45) is 1.31. The summed E-state index contributed by atoms with van der Waals surface area (Å²) in [7, 11) is 0. The number of aryl methyl sites for hydroxylation is 1. The summed E-state index contributed by atoms with van der Waals surface area (Å²) >= 11 is 1.12. The molecule has 2 heterocycles. The lowest BCUT2D eigenvalue weighted by atomic mass is 10.2. The van der Waals surface area contributed by atoms with Gasteiger partial charge < -0.3 is 9.47 Å². The van der Waals surface area contributed by atoms with Crippen molar-refractivity contribution in [3.8, 4) is 0 Å². The van der Waals surface area contributed by atoms with Gasteiger partial charge in [0.2, 0.25) is 0 Å². The Morgan fingerprint density at radius 2 is 1.96 bits per heavy atom. The molecule has 136 valence electrons. The number of carbonyl (C=O) groups is 2. The maximum atomic E-state index is 12.8. The SMILES string of the molecule is CCOC(=O)[C@H](C)n1cnc2sc(C(=O)OCC(C)C)c(C)c2c1=O. The van der Waals surface area contributed by atoms with Crippen molar-refractivity contribution in [3.63, 3.8) is 0 Å². The zero-order valence-electron chi connectivity index (χ0n) is 15.0. The number of ether oxygens (including phenoxy) is 2. The van der Waals surface area contributed by atoms with Gasteiger partial charge in [-0.3, -0.25) is 9.36 Å². The van der Waals surface area contributed by atoms with Gasteiger partial charge in [0, 0.05) is 0 Å². The third-order valence-corrected chi connectivity index (χ3v) is 4.83. The Bertz CT molecular complexity index is 853. The van der Waals surface area contributed by atoms with Crippen LogP contribution in [-0.2, 0) is 14.3 Å². The van der Waals surface area contributed by atoms with Crippen LogP contribution in [0.2, 0.25) is 0 Å². The fraction of sp³-hybridized carbons (Fsp3) is 0.529. The number of thiophene rings is 1. The Balaban J connectivity index is 2.45. The van der Waals surface area contributed by atoms with Crippen LogP contribution in [-0.4, -0.2) is 34.7 Å². The number of rotatable bonds is 6. The van der Waals surface area contributed by atoms with Crippen LogP contribution in [0.15, 0.2) is 11.1 Å². The van der Waals surface area contributed by atoms with Crippen molar-refractivity contribution in [1.29, 1.82) is 0 Å². The molecule has 8 heteroatoms. The molecule has 0 spiro atoms. The molecule has 2 aromatic rings. The molecule has 0 saturated carbocycles. The van der Waals surface area contributed by atoms with E-state index in [-0.39, 0.29) is 18.1 Å². The number of aromatic nitrogens is 2. The van der Waals surface area contributed by atoms with Gasteiger partial charge in [0.25, 0.3) is 5.56 Å². The average molecular weight is 366 g/mol. The Kier molecular flexibility index (Phi) is 5.94. The highest BCUT2D eigenvalue weighted by Gasteiger charge is 2.24. The third-order valence-electron chi connectivity index (χ3n) is 3.65. The largest absolute Gasteiger partial charge is 0.464 e. The van der Waals surface area contributed by atoms with Gasteiger partial charge in [-0.2, -0.15) is 0 Å². The summed E-state index contributed by atoms with van der Waals surface area (Å²) in [5.41, 5.74) is 0.152. The lowest BCUT2D eigenvalue weighted by molar-refractivity contribution is -0.146. The van der Waals surface area contributed by atoms with E-state index in [0.717, 1.165) is 11.3 Å². The van der Waals surface area contributed by atoms with Crippen molar-refractivity contribution >= 4 is 33.5 Å². The van der Waals surface area contributed by atoms with E-state index < -0.39 is 18.0 Å². The predicted molar refractivity (Wildman–Crippen MR) is 95.1 cm³/mol. The number of fused-ring (bicyclic) bond motifs is 1. The molecule has 0 aliphatic heterocycles. The quantitative estimate of drug-likeness (QED) is 0.731. The first-order valence-corrected chi connectivity index (χ1v) is 8.93. The van der Waals surface area contributed by atoms with E-state index >= 15 is 0 Å². The Hall–Kier alpha value is -2.22. The summed E-state index contributed by atoms with van der Waals surface area (Å²) in [5.74, 6) is -0.742. The van der Waals surface area contributed by atoms with Crippen LogP contribution < -0.4 is 5.56 Å². The molecule has 0 bridgehead atoms. The molecule has 0 unspecified atom stereocenters. The molecular formula is C17H22N2O5S. The van der Waals surface area contributed by atoms with E-state index in [4.69, 9.17) is 9.47 Å². The predicted octanol–water partition coefficient (Wildman–Crippen LogP) is 2.70. The second-order valence-electron chi connectivity index (χ2n) is 6.11. The zero-order valence-corrected chi connectivity index (χ0v) is 15.8. The van der Waals surface area contributed by atoms with Gasteiger partial charge in [0.15, 0.2) is 0 Å². The number of hydrogen-bond donors (Lipinski definition) is 0. The summed E-state index contributed by atoms with van der Waals surface area (Å²) < 4.78 is 11.4. The van der Waals surface area contributed by atoms with Crippen molar-refractivity contribution in [2.24, 2.45) is 5.92 Å². The number of esters is 2. The summed E-state index contributed by atoms with van der Waals surface area (Å²) in [6.45, 7) is 9.40. The highest BCUT2D eigenvalue weighted by molar-refractivity contribution is 7.20. The molecule has 1 atom stereocenters. The van der Waals surface area contributed by atoms with Gasteiger partial charge in [-0.25, -0.2) is 14.6 Å². The van der Waals surface area contributed by atoms with Crippen LogP contribution >= 0.6 is 11.3 Å². The standard InChI is InChI=1S/C17H22N2O5S/c1-6-23-16(21)11(5)19-8-18-14-12(15(19)20)10(4)13(25-14)17(22)24-7-9(2)3/h8-9,11H,6-7H2,1-5H3/t11-/m0/s1. The van der Waals surface area contributed by atoms with Crippen molar-refractivity contribution in [1.82, 2.24) is 9.55 Å². The topological polar surface area (TPSA) is 87.5 Å². The van der Waals surface area contributed by atoms with Crippen LogP contribution in [0.4, 0.5) is 0 Å². The average Bonchev–Trinajstić information content (AvgIpc) is 2.90. The normalized spacial score (nSPS) is 12.4. The molecule has 0 saturated heterocycles. The fourth-order valence-electron chi connectivity index (χ4n) is 2.29. The highest BCUT2D eigenvalue weighted by Crippen LogP contribution is 2.28. The van der Waals surface area contributed by atoms with E-state index in [2.05, 4.69) is 4.98 Å². The molecule has 0 radical (unpaired) electrons. The van der Waals surface area contributed by atoms with Crippen LogP contribution in [0.25, 0.3) is 10.2 Å². The van der Waals surface area contributed by atoms with E-state index in [1.807, 2.05) is 13.8 Å². The monoisotopic (exact) mass is 366 g/mol. The first-order chi connectivity index (χ1) is 11.8. The second kappa shape index (κ2) is 7.77. The summed E-state index contributed by atoms with van der Waals surface area (Å²) in [6, 6.07) is -0.792. The Labute approximate surface area is 149 Å². The number of hydrogen-bond acceptors (Lipinski definition) is 7. The highest BCUT2D eigenvalue weighted by atomic mass is 32.1. The third kappa shape index (κ3) is 3.89. The van der Waals surface area contributed by atoms with E-state index in [0.29, 0.717) is 27.3 Å². The Morgan fingerprint density at radius 3 is 2.56 bits per heavy atom. The Morgan fingerprint density at radius 1 is 1.28 bits per heavy atom. The van der Waals surface area contributed by atoms with Gasteiger partial charge in [-0.15, -0.1) is 11.3 Å². The molecule has 7 nitrogen and oxygen atoms in total. The minimum atomic E-state index is -0.792. The van der Waals surface area contributed by atoms with Gasteiger partial charge in [-0.1, -0.05) is 13.8 Å². The van der Waals surface area contributed by atoms with E-state index in [1.165, 1.54) is 10.9 Å². The van der Waals surface area contributed by atoms with Crippen molar-refractivity contribution < 1.29 is 19.1 Å². The smallest absolute Gasteiger partial charge is 0.348 e. The maximum Gasteiger partial charge on any atom is 0.348 e. The van der Waals surface area contributed by atoms with Crippen LogP contribution in [0.3, 0.4) is 0 Å². The minimum Gasteiger partial charge on any atom is -0.464 e. The zero-order chi connectivity index (χ0) is 18.7. The fourth-order valence-corrected chi connectivity index (χ4v) is 3.33. The molecule has 0 aliphatic carbocycles. The number of carbonyl (C=O) groups excluding carboxylic acids is 2. The van der Waals surface area contributed by atoms with Gasteiger partial charge in [0.05, 0.1) is 24.9 Å². The van der Waals surface area contributed by atoms with Crippen molar-refractivity contribution in [2.75, 3.05) is 13.2 Å². The molecule has 2 rings (SSSR count). The van der Waals surface area contributed by atoms with E-state index in [1.54, 1.807) is 20.8 Å². The molecule has 25 heavy (non-hydrogen) atoms. The van der Waals surface area contributed by atoms with Gasteiger partial charge in [-0.05, 0) is 32.3 Å². The summed E-state index contributed by atoms with van der Waals surface area (Å²) in [5, 5.41) is 0.333. The van der Waals surface area contributed by atoms with Crippen LogP contribution in [0.1, 0.15) is 49.0 Å². The molecule has 0 aromatic carbocycles. The molecule has 0 N–H and O–H groups in total. The van der Waals surface area contributed by atoms with Crippen LogP contribution in [0.5, 0.6) is 0 Å². The molecule has 0 aliphatic rings. The lowest BCUT2D eigenvalue weighted by Crippen LogP contribution is -2.29. The van der Waals surface area contributed by atoms with Crippen molar-refractivity contribution in [2.45, 2.75) is 40.7 Å². The van der Waals surface area contributed by atoms with Crippen LogP contribution in [0, 0.1) is 12.8 Å². The lowest BCUT2D eigenvalue weighted by Gasteiger charge is -2.13. The van der Waals surface area contributed by atoms with Gasteiger partial charge >= 0.3 is 11.9 Å². The molecule has 2 aromatic heterocycles. The summed E-state index contributed by atoms with van der Waals surface area (Å²) in [4.78, 5) is 42.0. The molecule has 0 amide bonds. The van der Waals surface area contributed by atoms with Crippen molar-refractivity contribution in [3.05, 3.63) is 27.1 Å². The first-order valence-electron chi connectivity index (χ1n) is 8.11. The van der Waals surface area contributed by atoms with Gasteiger partial charge in [0.1, 0.15) is 15.7 Å². The first kappa shape index (κ1) is 19.1.